The summed E-state index contributed by atoms with van der Waals surface area (Å²) in [6.07, 6.45) is 0. The van der Waals surface area contributed by atoms with E-state index in [0.29, 0.717) is 11.1 Å². The number of hydrogen-bond acceptors (Lipinski definition) is 2. The number of nitriles is 2. The van der Waals surface area contributed by atoms with Crippen LogP contribution in [0.3, 0.4) is 0 Å². The summed E-state index contributed by atoms with van der Waals surface area (Å²) in [5.41, 5.74) is 11.1. The molecular weight excluding hydrogens is 585 g/mol. The molecular formula is C44H26N4. The highest BCUT2D eigenvalue weighted by atomic mass is 15.0. The molecule has 0 N–H and O–H groups in total. The summed E-state index contributed by atoms with van der Waals surface area (Å²) in [7, 11) is 0. The van der Waals surface area contributed by atoms with Gasteiger partial charge in [-0.25, -0.2) is 0 Å². The molecule has 4 nitrogen and oxygen atoms in total. The Kier molecular flexibility index (Phi) is 6.22. The van der Waals surface area contributed by atoms with Crippen molar-refractivity contribution < 1.29 is 0 Å². The van der Waals surface area contributed by atoms with Crippen LogP contribution in [0.15, 0.2) is 158 Å². The second-order valence-corrected chi connectivity index (χ2v) is 12.0. The normalized spacial score (nSPS) is 11.3. The summed E-state index contributed by atoms with van der Waals surface area (Å²) in [5.74, 6) is 0. The fourth-order valence-corrected chi connectivity index (χ4v) is 7.41. The van der Waals surface area contributed by atoms with E-state index in [4.69, 9.17) is 0 Å². The minimum absolute atomic E-state index is 0.443. The van der Waals surface area contributed by atoms with Gasteiger partial charge in [0.05, 0.1) is 56.7 Å². The molecule has 0 bridgehead atoms. The smallest absolute Gasteiger partial charge is 0.0992 e. The van der Waals surface area contributed by atoms with Crippen molar-refractivity contribution in [2.45, 2.75) is 0 Å². The molecule has 0 atom stereocenters. The van der Waals surface area contributed by atoms with Crippen molar-refractivity contribution in [3.8, 4) is 45.8 Å². The molecule has 0 fully saturated rings. The van der Waals surface area contributed by atoms with E-state index in [-0.39, 0.29) is 0 Å². The molecule has 0 radical (unpaired) electrons. The number of hydrogen-bond donors (Lipinski definition) is 0. The molecule has 9 rings (SSSR count). The molecule has 0 saturated carbocycles. The van der Waals surface area contributed by atoms with Gasteiger partial charge in [0.25, 0.3) is 0 Å². The molecule has 222 valence electrons. The van der Waals surface area contributed by atoms with E-state index in [1.54, 1.807) is 6.07 Å². The zero-order valence-electron chi connectivity index (χ0n) is 25.8. The average molecular weight is 611 g/mol. The molecule has 48 heavy (non-hydrogen) atoms. The van der Waals surface area contributed by atoms with Crippen molar-refractivity contribution in [3.05, 3.63) is 169 Å². The van der Waals surface area contributed by atoms with Gasteiger partial charge in [0.1, 0.15) is 0 Å². The first kappa shape index (κ1) is 27.4. The molecule has 0 saturated heterocycles. The summed E-state index contributed by atoms with van der Waals surface area (Å²) in [4.78, 5) is 0. The van der Waals surface area contributed by atoms with Gasteiger partial charge in [0.15, 0.2) is 0 Å². The van der Waals surface area contributed by atoms with E-state index in [2.05, 4.69) is 155 Å². The maximum Gasteiger partial charge on any atom is 0.0992 e. The number of rotatable bonds is 4. The highest BCUT2D eigenvalue weighted by molar-refractivity contribution is 6.12. The van der Waals surface area contributed by atoms with Gasteiger partial charge < -0.3 is 9.13 Å². The molecule has 0 spiro atoms. The molecule has 2 aromatic heterocycles. The minimum atomic E-state index is 0.443. The largest absolute Gasteiger partial charge is 0.309 e. The summed E-state index contributed by atoms with van der Waals surface area (Å²) >= 11 is 0. The van der Waals surface area contributed by atoms with Crippen molar-refractivity contribution in [2.24, 2.45) is 0 Å². The zero-order chi connectivity index (χ0) is 32.2. The third kappa shape index (κ3) is 4.07. The van der Waals surface area contributed by atoms with E-state index in [9.17, 15) is 10.5 Å². The van der Waals surface area contributed by atoms with Crippen molar-refractivity contribution in [3.63, 3.8) is 0 Å². The first-order chi connectivity index (χ1) is 23.7. The molecule has 7 aromatic carbocycles. The quantitative estimate of drug-likeness (QED) is 0.199. The molecule has 0 aliphatic heterocycles. The maximum atomic E-state index is 10.1. The fraction of sp³-hybridized carbons (Fsp3) is 0. The van der Waals surface area contributed by atoms with Gasteiger partial charge in [-0.3, -0.25) is 0 Å². The summed E-state index contributed by atoms with van der Waals surface area (Å²) in [6.45, 7) is 0. The lowest BCUT2D eigenvalue weighted by Gasteiger charge is -2.23. The second-order valence-electron chi connectivity index (χ2n) is 12.0. The van der Waals surface area contributed by atoms with Crippen molar-refractivity contribution >= 4 is 43.6 Å². The van der Waals surface area contributed by atoms with Gasteiger partial charge in [-0.05, 0) is 65.7 Å². The van der Waals surface area contributed by atoms with Gasteiger partial charge >= 0.3 is 0 Å². The molecule has 0 amide bonds. The molecule has 4 heteroatoms. The first-order valence-corrected chi connectivity index (χ1v) is 15.9. The van der Waals surface area contributed by atoms with Crippen LogP contribution in [0.4, 0.5) is 0 Å². The SMILES string of the molecule is N#Cc1cc(C#N)cc(-c2c(-n3c4ccccc4c4ccccc43)ccc(-n3c4ccccc4c4ccccc43)c2-c2ccccc2)c1. The summed E-state index contributed by atoms with van der Waals surface area (Å²) < 4.78 is 4.68. The van der Waals surface area contributed by atoms with Gasteiger partial charge in [0, 0.05) is 32.7 Å². The minimum Gasteiger partial charge on any atom is -0.309 e. The van der Waals surface area contributed by atoms with Crippen molar-refractivity contribution in [2.75, 3.05) is 0 Å². The highest BCUT2D eigenvalue weighted by Crippen LogP contribution is 2.46. The van der Waals surface area contributed by atoms with Crippen LogP contribution in [0.1, 0.15) is 11.1 Å². The van der Waals surface area contributed by atoms with Crippen molar-refractivity contribution in [1.29, 1.82) is 10.5 Å². The maximum absolute atomic E-state index is 10.1. The third-order valence-electron chi connectivity index (χ3n) is 9.35. The van der Waals surface area contributed by atoms with E-state index < -0.39 is 0 Å². The topological polar surface area (TPSA) is 57.4 Å². The number of para-hydroxylation sites is 4. The van der Waals surface area contributed by atoms with Gasteiger partial charge in [-0.15, -0.1) is 0 Å². The lowest BCUT2D eigenvalue weighted by atomic mass is 9.89. The van der Waals surface area contributed by atoms with Crippen LogP contribution in [0, 0.1) is 22.7 Å². The third-order valence-corrected chi connectivity index (χ3v) is 9.35. The van der Waals surface area contributed by atoms with Crippen LogP contribution in [0.5, 0.6) is 0 Å². The molecule has 9 aromatic rings. The molecule has 0 aliphatic rings. The number of aromatic nitrogens is 2. The average Bonchev–Trinajstić information content (AvgIpc) is 3.67. The van der Waals surface area contributed by atoms with Crippen LogP contribution < -0.4 is 0 Å². The lowest BCUT2D eigenvalue weighted by Crippen LogP contribution is -2.05. The Hall–Kier alpha value is -6.88. The Bertz CT molecular complexity index is 2660. The Balaban J connectivity index is 1.52. The predicted octanol–water partition coefficient (Wildman–Crippen LogP) is 11.0. The lowest BCUT2D eigenvalue weighted by molar-refractivity contribution is 1.15. The molecule has 0 unspecified atom stereocenters. The first-order valence-electron chi connectivity index (χ1n) is 15.9. The zero-order valence-corrected chi connectivity index (χ0v) is 25.8. The van der Waals surface area contributed by atoms with Crippen LogP contribution >= 0.6 is 0 Å². The molecule has 0 aliphatic carbocycles. The van der Waals surface area contributed by atoms with Gasteiger partial charge in [-0.1, -0.05) is 103 Å². The standard InChI is InChI=1S/C44H26N4/c45-27-29-24-30(28-46)26-32(25-29)44-42(48-39-20-10-6-16-35(39)36-17-7-11-21-40(36)48)23-22-41(43(44)31-12-2-1-3-13-31)47-37-18-8-4-14-33(37)34-15-5-9-19-38(34)47/h1-26H. The Morgan fingerprint density at radius 1 is 0.354 bits per heavy atom. The fourth-order valence-electron chi connectivity index (χ4n) is 7.41. The summed E-state index contributed by atoms with van der Waals surface area (Å²) in [5, 5.41) is 24.9. The van der Waals surface area contributed by atoms with E-state index in [1.807, 2.05) is 18.2 Å². The predicted molar refractivity (Wildman–Crippen MR) is 195 cm³/mol. The van der Waals surface area contributed by atoms with Gasteiger partial charge in [0.2, 0.25) is 0 Å². The van der Waals surface area contributed by atoms with Crippen LogP contribution in [0.25, 0.3) is 77.2 Å². The number of fused-ring (bicyclic) bond motifs is 6. The number of benzene rings is 7. The summed E-state index contributed by atoms with van der Waals surface area (Å²) in [6, 6.07) is 59.0. The molecule has 2 heterocycles. The van der Waals surface area contributed by atoms with E-state index in [0.717, 1.165) is 66.5 Å². The van der Waals surface area contributed by atoms with Gasteiger partial charge in [-0.2, -0.15) is 10.5 Å². The van der Waals surface area contributed by atoms with Crippen LogP contribution in [-0.2, 0) is 0 Å². The Labute approximate surface area is 277 Å². The van der Waals surface area contributed by atoms with Crippen LogP contribution in [0.2, 0.25) is 0 Å². The Morgan fingerprint density at radius 2 is 0.708 bits per heavy atom. The number of nitrogens with zero attached hydrogens (tertiary/aromatic N) is 4. The van der Waals surface area contributed by atoms with Crippen molar-refractivity contribution in [1.82, 2.24) is 9.13 Å². The monoisotopic (exact) mass is 610 g/mol. The Morgan fingerprint density at radius 3 is 1.10 bits per heavy atom. The van der Waals surface area contributed by atoms with E-state index >= 15 is 0 Å². The van der Waals surface area contributed by atoms with E-state index in [1.165, 1.54) is 10.8 Å². The van der Waals surface area contributed by atoms with Crippen LogP contribution in [-0.4, -0.2) is 9.13 Å². The second kappa shape index (κ2) is 10.9. The highest BCUT2D eigenvalue weighted by Gasteiger charge is 2.24.